The molecule has 0 unspecified atom stereocenters. The standard InChI is InChI=1S/C25H27N9/c1-29-14-16-33(18-29)24-12-6-10-22(27-24)31(3)20-8-5-9-21(26-20)32(4)23-11-7-13-25(28-23)34-17-15-30(2)19-34/h5-19H,1-4H3/q+2. The zero-order valence-electron chi connectivity index (χ0n) is 19.7. The molecule has 0 radical (unpaired) electrons. The van der Waals surface area contributed by atoms with Gasteiger partial charge in [-0.25, -0.2) is 14.1 Å². The summed E-state index contributed by atoms with van der Waals surface area (Å²) in [6, 6.07) is 17.9. The van der Waals surface area contributed by atoms with Crippen LogP contribution in [-0.2, 0) is 14.1 Å². The zero-order chi connectivity index (χ0) is 23.7. The summed E-state index contributed by atoms with van der Waals surface area (Å²) in [5.74, 6) is 4.89. The largest absolute Gasteiger partial charge is 0.314 e. The molecule has 5 aromatic heterocycles. The van der Waals surface area contributed by atoms with Gasteiger partial charge in [-0.15, -0.1) is 0 Å². The van der Waals surface area contributed by atoms with E-state index in [1.165, 1.54) is 0 Å². The normalized spacial score (nSPS) is 10.9. The Morgan fingerprint density at radius 3 is 1.35 bits per heavy atom. The summed E-state index contributed by atoms with van der Waals surface area (Å²) in [4.78, 5) is 18.5. The summed E-state index contributed by atoms with van der Waals surface area (Å²) in [5.41, 5.74) is 0. The minimum atomic E-state index is 0.792. The van der Waals surface area contributed by atoms with Crippen LogP contribution in [-0.4, -0.2) is 38.2 Å². The van der Waals surface area contributed by atoms with Gasteiger partial charge < -0.3 is 9.80 Å². The van der Waals surface area contributed by atoms with Crippen LogP contribution in [0.25, 0.3) is 11.6 Å². The molecule has 5 aromatic rings. The molecule has 5 heterocycles. The Kier molecular flexibility index (Phi) is 5.51. The number of pyridine rings is 3. The van der Waals surface area contributed by atoms with Crippen molar-refractivity contribution in [3.63, 3.8) is 0 Å². The number of imidazole rings is 2. The van der Waals surface area contributed by atoms with E-state index in [0.717, 1.165) is 34.9 Å². The number of nitrogens with zero attached hydrogens (tertiary/aromatic N) is 9. The van der Waals surface area contributed by atoms with Gasteiger partial charge in [0.2, 0.25) is 24.3 Å². The Hall–Kier alpha value is -4.53. The Bertz CT molecular complexity index is 1330. The molecule has 0 aliphatic rings. The van der Waals surface area contributed by atoms with Crippen LogP contribution in [0, 0.1) is 0 Å². The molecule has 5 rings (SSSR count). The zero-order valence-corrected chi connectivity index (χ0v) is 19.7. The second kappa shape index (κ2) is 8.78. The first-order valence-electron chi connectivity index (χ1n) is 10.9. The monoisotopic (exact) mass is 453 g/mol. The van der Waals surface area contributed by atoms with Gasteiger partial charge in [-0.1, -0.05) is 18.2 Å². The average molecular weight is 454 g/mol. The Morgan fingerprint density at radius 2 is 0.971 bits per heavy atom. The van der Waals surface area contributed by atoms with Crippen LogP contribution < -0.4 is 18.9 Å². The lowest BCUT2D eigenvalue weighted by Gasteiger charge is -2.21. The van der Waals surface area contributed by atoms with Crippen LogP contribution in [0.4, 0.5) is 23.3 Å². The number of aromatic nitrogens is 7. The molecule has 0 atom stereocenters. The van der Waals surface area contributed by atoms with Gasteiger partial charge in [-0.3, -0.25) is 0 Å². The molecule has 0 saturated carbocycles. The second-order valence-electron chi connectivity index (χ2n) is 8.15. The Labute approximate surface area is 198 Å². The predicted octanol–water partition coefficient (Wildman–Crippen LogP) is 2.64. The summed E-state index contributed by atoms with van der Waals surface area (Å²) in [6.45, 7) is 0. The van der Waals surface area contributed by atoms with Crippen LogP contribution in [0.3, 0.4) is 0 Å². The third-order valence-electron chi connectivity index (χ3n) is 5.60. The molecule has 0 spiro atoms. The fourth-order valence-corrected chi connectivity index (χ4v) is 3.68. The Morgan fingerprint density at radius 1 is 0.588 bits per heavy atom. The van der Waals surface area contributed by atoms with Crippen molar-refractivity contribution in [3.8, 4) is 11.6 Å². The van der Waals surface area contributed by atoms with Gasteiger partial charge in [0.05, 0.1) is 14.1 Å². The van der Waals surface area contributed by atoms with E-state index in [0.29, 0.717) is 0 Å². The minimum absolute atomic E-state index is 0.792. The molecule has 0 saturated heterocycles. The molecular weight excluding hydrogens is 426 g/mol. The van der Waals surface area contributed by atoms with E-state index >= 15 is 0 Å². The molecule has 34 heavy (non-hydrogen) atoms. The van der Waals surface area contributed by atoms with Gasteiger partial charge in [0, 0.05) is 26.2 Å². The molecular formula is C25H27N9+2. The maximum atomic E-state index is 4.89. The maximum Gasteiger partial charge on any atom is 0.250 e. The Balaban J connectivity index is 1.42. The molecule has 0 bridgehead atoms. The third kappa shape index (κ3) is 4.23. The molecule has 0 fully saturated rings. The van der Waals surface area contributed by atoms with Crippen molar-refractivity contribution in [1.82, 2.24) is 24.1 Å². The molecule has 9 heteroatoms. The molecule has 170 valence electrons. The van der Waals surface area contributed by atoms with Crippen LogP contribution in [0.5, 0.6) is 0 Å². The first-order chi connectivity index (χ1) is 16.5. The van der Waals surface area contributed by atoms with Crippen molar-refractivity contribution in [2.45, 2.75) is 0 Å². The average Bonchev–Trinajstić information content (AvgIpc) is 3.51. The number of hydrogen-bond donors (Lipinski definition) is 0. The van der Waals surface area contributed by atoms with Crippen molar-refractivity contribution < 1.29 is 9.13 Å². The maximum absolute atomic E-state index is 4.89. The van der Waals surface area contributed by atoms with E-state index in [-0.39, 0.29) is 0 Å². The number of rotatable bonds is 6. The van der Waals surface area contributed by atoms with Crippen molar-refractivity contribution >= 4 is 23.3 Å². The van der Waals surface area contributed by atoms with E-state index in [1.54, 1.807) is 0 Å². The van der Waals surface area contributed by atoms with Crippen LogP contribution >= 0.6 is 0 Å². The first kappa shape index (κ1) is 21.3. The van der Waals surface area contributed by atoms with Crippen LogP contribution in [0.1, 0.15) is 0 Å². The first-order valence-corrected chi connectivity index (χ1v) is 10.9. The highest BCUT2D eigenvalue weighted by Gasteiger charge is 2.15. The highest BCUT2D eigenvalue weighted by Crippen LogP contribution is 2.26. The summed E-state index contributed by atoms with van der Waals surface area (Å²) in [6.07, 6.45) is 11.9. The summed E-state index contributed by atoms with van der Waals surface area (Å²) < 4.78 is 7.94. The molecule has 0 N–H and O–H groups in total. The lowest BCUT2D eigenvalue weighted by molar-refractivity contribution is -0.670. The van der Waals surface area contributed by atoms with E-state index in [1.807, 2.05) is 148 Å². The van der Waals surface area contributed by atoms with Gasteiger partial charge in [-0.05, 0) is 24.3 Å². The highest BCUT2D eigenvalue weighted by molar-refractivity contribution is 5.62. The fourth-order valence-electron chi connectivity index (χ4n) is 3.68. The van der Waals surface area contributed by atoms with E-state index in [9.17, 15) is 0 Å². The lowest BCUT2D eigenvalue weighted by Crippen LogP contribution is -2.23. The second-order valence-corrected chi connectivity index (χ2v) is 8.15. The van der Waals surface area contributed by atoms with Gasteiger partial charge >= 0.3 is 0 Å². The SMILES string of the molecule is CN(c1cccc(N(C)c2cccc(-n3cc[n+](C)c3)n2)n1)c1cccc(-n2cc[n+](C)c2)n1. The van der Waals surface area contributed by atoms with Gasteiger partial charge in [0.25, 0.3) is 0 Å². The molecule has 0 aliphatic carbocycles. The minimum Gasteiger partial charge on any atom is -0.314 e. The van der Waals surface area contributed by atoms with Crippen LogP contribution in [0.2, 0.25) is 0 Å². The van der Waals surface area contributed by atoms with E-state index in [2.05, 4.69) is 0 Å². The molecule has 0 aromatic carbocycles. The molecule has 9 nitrogen and oxygen atoms in total. The lowest BCUT2D eigenvalue weighted by atomic mass is 10.3. The number of anilines is 4. The number of hydrogen-bond acceptors (Lipinski definition) is 5. The van der Waals surface area contributed by atoms with Crippen molar-refractivity contribution in [3.05, 3.63) is 92.0 Å². The summed E-state index contributed by atoms with van der Waals surface area (Å²) in [7, 11) is 7.92. The van der Waals surface area contributed by atoms with Crippen molar-refractivity contribution in [2.24, 2.45) is 14.1 Å². The van der Waals surface area contributed by atoms with Crippen LogP contribution in [0.15, 0.2) is 92.0 Å². The van der Waals surface area contributed by atoms with Gasteiger partial charge in [-0.2, -0.15) is 19.1 Å². The topological polar surface area (TPSA) is 62.8 Å². The third-order valence-corrected chi connectivity index (χ3v) is 5.60. The smallest absolute Gasteiger partial charge is 0.250 e. The van der Waals surface area contributed by atoms with Crippen molar-refractivity contribution in [1.29, 1.82) is 0 Å². The van der Waals surface area contributed by atoms with Crippen molar-refractivity contribution in [2.75, 3.05) is 23.9 Å². The molecule has 0 amide bonds. The summed E-state index contributed by atoms with van der Waals surface area (Å²) >= 11 is 0. The number of aryl methyl sites for hydroxylation is 2. The molecule has 0 aliphatic heterocycles. The predicted molar refractivity (Wildman–Crippen MR) is 130 cm³/mol. The quantitative estimate of drug-likeness (QED) is 0.370. The van der Waals surface area contributed by atoms with E-state index < -0.39 is 0 Å². The summed E-state index contributed by atoms with van der Waals surface area (Å²) in [5, 5.41) is 0. The van der Waals surface area contributed by atoms with Gasteiger partial charge in [0.15, 0.2) is 0 Å². The fraction of sp³-hybridized carbons (Fsp3) is 0.160. The highest BCUT2D eigenvalue weighted by atomic mass is 15.3. The van der Waals surface area contributed by atoms with E-state index in [4.69, 9.17) is 15.0 Å². The van der Waals surface area contributed by atoms with Gasteiger partial charge in [0.1, 0.15) is 48.1 Å².